The minimum Gasteiger partial charge on any atom is -0.379 e. The number of fused-ring (bicyclic) bond motifs is 3. The molecule has 0 radical (unpaired) electrons. The van der Waals surface area contributed by atoms with Gasteiger partial charge in [-0.05, 0) is 67.1 Å². The van der Waals surface area contributed by atoms with Crippen LogP contribution in [0.5, 0.6) is 0 Å². The quantitative estimate of drug-likeness (QED) is 0.363. The Kier molecular flexibility index (Phi) is 7.33. The number of ketones is 1. The molecule has 0 amide bonds. The van der Waals surface area contributed by atoms with Crippen molar-refractivity contribution in [3.63, 3.8) is 0 Å². The first-order chi connectivity index (χ1) is 15.8. The van der Waals surface area contributed by atoms with Gasteiger partial charge in [0.05, 0.1) is 18.8 Å². The smallest absolute Gasteiger partial charge is 0.182 e. The molecule has 1 aliphatic carbocycles. The molecule has 1 aliphatic heterocycles. The van der Waals surface area contributed by atoms with Crippen LogP contribution < -0.4 is 0 Å². The van der Waals surface area contributed by atoms with E-state index in [1.54, 1.807) is 0 Å². The summed E-state index contributed by atoms with van der Waals surface area (Å²) in [6, 6.07) is 12.8. The van der Waals surface area contributed by atoms with Crippen LogP contribution in [0.2, 0.25) is 5.02 Å². The molecule has 0 N–H and O–H groups in total. The SMILES string of the molecule is CCCCC1(CCCC)c2cc(Cl)ccc2-c2ccc(C(=O)C(C)(C)N3CCOCC3)cc21. The first-order valence-electron chi connectivity index (χ1n) is 12.7. The number of unbranched alkanes of at least 4 members (excludes halogenated alkanes) is 2. The lowest BCUT2D eigenvalue weighted by atomic mass is 9.70. The van der Waals surface area contributed by atoms with Gasteiger partial charge in [-0.25, -0.2) is 0 Å². The van der Waals surface area contributed by atoms with E-state index in [2.05, 4.69) is 56.9 Å². The van der Waals surface area contributed by atoms with Crippen molar-refractivity contribution < 1.29 is 9.53 Å². The summed E-state index contributed by atoms with van der Waals surface area (Å²) >= 11 is 6.52. The van der Waals surface area contributed by atoms with Crippen molar-refractivity contribution in [1.29, 1.82) is 0 Å². The monoisotopic (exact) mass is 467 g/mol. The molecular formula is C29H38ClNO2. The minimum atomic E-state index is -0.553. The number of Topliss-reactive ketones (excluding diaryl/α,β-unsaturated/α-hetero) is 1. The highest BCUT2D eigenvalue weighted by molar-refractivity contribution is 6.30. The Morgan fingerprint density at radius 2 is 1.55 bits per heavy atom. The molecule has 4 heteroatoms. The van der Waals surface area contributed by atoms with Crippen LogP contribution in [0.25, 0.3) is 11.1 Å². The number of halogens is 1. The lowest BCUT2D eigenvalue weighted by Gasteiger charge is -2.39. The third-order valence-corrected chi connectivity index (χ3v) is 8.09. The predicted octanol–water partition coefficient (Wildman–Crippen LogP) is 7.28. The van der Waals surface area contributed by atoms with E-state index in [4.69, 9.17) is 16.3 Å². The van der Waals surface area contributed by atoms with Gasteiger partial charge in [-0.3, -0.25) is 9.69 Å². The molecule has 2 aliphatic rings. The van der Waals surface area contributed by atoms with Crippen molar-refractivity contribution in [3.8, 4) is 11.1 Å². The molecule has 0 aromatic heterocycles. The Hall–Kier alpha value is -1.68. The third kappa shape index (κ3) is 4.40. The summed E-state index contributed by atoms with van der Waals surface area (Å²) in [5.41, 5.74) is 5.43. The van der Waals surface area contributed by atoms with Gasteiger partial charge in [0, 0.05) is 29.1 Å². The summed E-state index contributed by atoms with van der Waals surface area (Å²) in [4.78, 5) is 16.1. The Bertz CT molecular complexity index is 999. The van der Waals surface area contributed by atoms with E-state index in [0.717, 1.165) is 62.2 Å². The zero-order valence-corrected chi connectivity index (χ0v) is 21.4. The average molecular weight is 468 g/mol. The van der Waals surface area contributed by atoms with Crippen LogP contribution in [0.15, 0.2) is 36.4 Å². The van der Waals surface area contributed by atoms with E-state index in [1.165, 1.54) is 22.3 Å². The van der Waals surface area contributed by atoms with Gasteiger partial charge >= 0.3 is 0 Å². The summed E-state index contributed by atoms with van der Waals surface area (Å²) < 4.78 is 5.52. The fourth-order valence-electron chi connectivity index (χ4n) is 5.85. The number of ether oxygens (including phenoxy) is 1. The zero-order valence-electron chi connectivity index (χ0n) is 20.7. The van der Waals surface area contributed by atoms with Gasteiger partial charge in [0.1, 0.15) is 0 Å². The fourth-order valence-corrected chi connectivity index (χ4v) is 6.02. The topological polar surface area (TPSA) is 29.5 Å². The molecule has 33 heavy (non-hydrogen) atoms. The minimum absolute atomic E-state index is 0.0685. The molecule has 1 heterocycles. The van der Waals surface area contributed by atoms with Crippen molar-refractivity contribution >= 4 is 17.4 Å². The second-order valence-corrected chi connectivity index (χ2v) is 10.7. The van der Waals surface area contributed by atoms with Crippen LogP contribution in [0.3, 0.4) is 0 Å². The lowest BCUT2D eigenvalue weighted by molar-refractivity contribution is -0.00430. The number of benzene rings is 2. The Morgan fingerprint density at radius 3 is 2.15 bits per heavy atom. The highest BCUT2D eigenvalue weighted by Crippen LogP contribution is 2.55. The van der Waals surface area contributed by atoms with E-state index >= 15 is 0 Å². The molecule has 4 rings (SSSR count). The molecule has 3 nitrogen and oxygen atoms in total. The molecule has 0 saturated carbocycles. The average Bonchev–Trinajstić information content (AvgIpc) is 3.10. The normalized spacial score (nSPS) is 17.6. The zero-order chi connectivity index (χ0) is 23.6. The molecule has 178 valence electrons. The van der Waals surface area contributed by atoms with Crippen LogP contribution in [0.4, 0.5) is 0 Å². The van der Waals surface area contributed by atoms with Crippen molar-refractivity contribution in [2.24, 2.45) is 0 Å². The van der Waals surface area contributed by atoms with Gasteiger partial charge in [0.15, 0.2) is 5.78 Å². The molecule has 2 aromatic rings. The van der Waals surface area contributed by atoms with Gasteiger partial charge in [0.2, 0.25) is 0 Å². The Balaban J connectivity index is 1.81. The van der Waals surface area contributed by atoms with Crippen molar-refractivity contribution in [3.05, 3.63) is 58.1 Å². The second kappa shape index (κ2) is 9.90. The predicted molar refractivity (Wildman–Crippen MR) is 138 cm³/mol. The van der Waals surface area contributed by atoms with Crippen molar-refractivity contribution in [1.82, 2.24) is 4.90 Å². The number of rotatable bonds is 9. The molecule has 0 bridgehead atoms. The van der Waals surface area contributed by atoms with Crippen LogP contribution in [-0.2, 0) is 10.2 Å². The molecule has 2 aromatic carbocycles. The molecule has 1 saturated heterocycles. The van der Waals surface area contributed by atoms with Gasteiger partial charge in [-0.2, -0.15) is 0 Å². The molecular weight excluding hydrogens is 430 g/mol. The second-order valence-electron chi connectivity index (χ2n) is 10.2. The molecule has 1 fully saturated rings. The maximum absolute atomic E-state index is 13.8. The van der Waals surface area contributed by atoms with E-state index in [0.29, 0.717) is 13.2 Å². The lowest BCUT2D eigenvalue weighted by Crippen LogP contribution is -2.54. The summed E-state index contributed by atoms with van der Waals surface area (Å²) in [6.45, 7) is 11.6. The Morgan fingerprint density at radius 1 is 0.970 bits per heavy atom. The van der Waals surface area contributed by atoms with E-state index in [9.17, 15) is 4.79 Å². The Labute approximate surface area is 204 Å². The molecule has 0 spiro atoms. The summed E-state index contributed by atoms with van der Waals surface area (Å²) in [7, 11) is 0. The van der Waals surface area contributed by atoms with Gasteiger partial charge in [-0.15, -0.1) is 0 Å². The number of morpholine rings is 1. The van der Waals surface area contributed by atoms with Crippen molar-refractivity contribution in [2.75, 3.05) is 26.3 Å². The number of carbonyl (C=O) groups excluding carboxylic acids is 1. The van der Waals surface area contributed by atoms with Gasteiger partial charge in [0.25, 0.3) is 0 Å². The maximum atomic E-state index is 13.8. The molecule has 0 unspecified atom stereocenters. The summed E-state index contributed by atoms with van der Waals surface area (Å²) in [5, 5.41) is 0.795. The van der Waals surface area contributed by atoms with E-state index in [1.807, 2.05) is 12.1 Å². The maximum Gasteiger partial charge on any atom is 0.182 e. The van der Waals surface area contributed by atoms with Crippen LogP contribution in [0, 0.1) is 0 Å². The number of nitrogens with zero attached hydrogens (tertiary/aromatic N) is 1. The largest absolute Gasteiger partial charge is 0.379 e. The summed E-state index contributed by atoms with van der Waals surface area (Å²) in [6.07, 6.45) is 6.81. The van der Waals surface area contributed by atoms with Crippen LogP contribution >= 0.6 is 11.6 Å². The molecule has 0 atom stereocenters. The highest BCUT2D eigenvalue weighted by atomic mass is 35.5. The van der Waals surface area contributed by atoms with Crippen molar-refractivity contribution in [2.45, 2.75) is 77.2 Å². The van der Waals surface area contributed by atoms with Crippen LogP contribution in [-0.4, -0.2) is 42.5 Å². The van der Waals surface area contributed by atoms with E-state index < -0.39 is 5.54 Å². The number of carbonyl (C=O) groups is 1. The first-order valence-corrected chi connectivity index (χ1v) is 13.1. The fraction of sp³-hybridized carbons (Fsp3) is 0.552. The number of hydrogen-bond donors (Lipinski definition) is 0. The van der Waals surface area contributed by atoms with Gasteiger partial charge < -0.3 is 4.74 Å². The first kappa shape index (κ1) is 24.4. The van der Waals surface area contributed by atoms with Crippen LogP contribution in [0.1, 0.15) is 87.7 Å². The van der Waals surface area contributed by atoms with E-state index in [-0.39, 0.29) is 11.2 Å². The number of hydrogen-bond acceptors (Lipinski definition) is 3. The third-order valence-electron chi connectivity index (χ3n) is 7.86. The van der Waals surface area contributed by atoms with Gasteiger partial charge in [-0.1, -0.05) is 69.3 Å². The summed E-state index contributed by atoms with van der Waals surface area (Å²) in [5.74, 6) is 0.195. The highest BCUT2D eigenvalue weighted by Gasteiger charge is 2.43. The standard InChI is InChI=1S/C29H38ClNO2/c1-5-7-13-29(14-8-6-2)25-19-21(27(32)28(3,4)31-15-17-33-18-16-31)9-11-23(25)24-12-10-22(30)20-26(24)29/h9-12,19-20H,5-8,13-18H2,1-4H3.